The van der Waals surface area contributed by atoms with E-state index in [9.17, 15) is 45.4 Å². The van der Waals surface area contributed by atoms with Crippen LogP contribution in [0.5, 0.6) is 11.5 Å². The number of amides is 2. The second-order valence-electron chi connectivity index (χ2n) is 11.4. The summed E-state index contributed by atoms with van der Waals surface area (Å²) in [4.78, 5) is 33.7. The maximum Gasteiger partial charge on any atom is 0.573 e. The first-order valence-electron chi connectivity index (χ1n) is 13.8. The molecule has 48 heavy (non-hydrogen) atoms. The molecule has 1 aliphatic rings. The lowest BCUT2D eigenvalue weighted by molar-refractivity contribution is -0.274. The molecule has 2 aromatic carbocycles. The molecule has 9 nitrogen and oxygen atoms in total. The second kappa shape index (κ2) is 11.8. The average Bonchev–Trinajstić information content (AvgIpc) is 3.34. The molecule has 0 bridgehead atoms. The first kappa shape index (κ1) is 34.6. The smallest absolute Gasteiger partial charge is 0.489 e. The Balaban J connectivity index is 1.61. The lowest BCUT2D eigenvalue weighted by atomic mass is 9.81. The number of nitrogens with two attached hydrogens (primary N) is 1. The predicted molar refractivity (Wildman–Crippen MR) is 157 cm³/mol. The third-order valence-electron chi connectivity index (χ3n) is 8.02. The zero-order valence-electron chi connectivity index (χ0n) is 25.0. The zero-order chi connectivity index (χ0) is 35.6. The highest BCUT2D eigenvalue weighted by molar-refractivity contribution is 6.31. The predicted octanol–water partition coefficient (Wildman–Crippen LogP) is 5.92. The van der Waals surface area contributed by atoms with Gasteiger partial charge in [0, 0.05) is 27.8 Å². The van der Waals surface area contributed by atoms with Gasteiger partial charge >= 0.3 is 12.5 Å². The maximum atomic E-state index is 14.7. The molecular formula is C31H24ClF7N4O5. The number of fused-ring (bicyclic) bond motifs is 2. The number of aryl methyl sites for hydroxylation is 2. The molecule has 0 aliphatic carbocycles. The standard InChI is InChI=1S/C31H24ClF7N4O5/c1-13-6-16-7-17(9-21(48-31(37,38)39)23(16)42-14(13)2)26(44)41-11-29(46,30(34,35)36)22-10-18-25(47-12-28(18,3)27(40)45)24(43-22)15-4-5-20(33)19(32)8-15/h4-10,46H,11-12H2,1-3H3,(H2,40,45)(H,41,44)/t28-,29?/m0/s1. The van der Waals surface area contributed by atoms with Crippen molar-refractivity contribution in [2.45, 2.75) is 44.3 Å². The van der Waals surface area contributed by atoms with Crippen LogP contribution in [0.2, 0.25) is 5.02 Å². The van der Waals surface area contributed by atoms with Gasteiger partial charge in [0.1, 0.15) is 34.8 Å². The van der Waals surface area contributed by atoms with Gasteiger partial charge in [0.2, 0.25) is 11.5 Å². The van der Waals surface area contributed by atoms with Gasteiger partial charge in [0.15, 0.2) is 5.75 Å². The summed E-state index contributed by atoms with van der Waals surface area (Å²) in [6.07, 6.45) is -10.7. The fraction of sp³-hybridized carbons (Fsp3) is 0.290. The minimum Gasteiger partial charge on any atom is -0.489 e. The van der Waals surface area contributed by atoms with Crippen LogP contribution in [0.25, 0.3) is 22.2 Å². The van der Waals surface area contributed by atoms with Crippen LogP contribution in [0.4, 0.5) is 30.7 Å². The van der Waals surface area contributed by atoms with E-state index in [0.717, 1.165) is 30.3 Å². The van der Waals surface area contributed by atoms with Crippen molar-refractivity contribution in [3.8, 4) is 22.8 Å². The molecule has 4 N–H and O–H groups in total. The molecule has 5 rings (SSSR count). The molecular weight excluding hydrogens is 677 g/mol. The monoisotopic (exact) mass is 700 g/mol. The average molecular weight is 701 g/mol. The number of ether oxygens (including phenoxy) is 2. The molecule has 1 aliphatic heterocycles. The van der Waals surface area contributed by atoms with Crippen molar-refractivity contribution in [2.75, 3.05) is 13.2 Å². The number of hydrogen-bond acceptors (Lipinski definition) is 7. The third kappa shape index (κ3) is 6.17. The first-order chi connectivity index (χ1) is 22.1. The minimum atomic E-state index is -5.55. The van der Waals surface area contributed by atoms with Crippen LogP contribution in [0.3, 0.4) is 0 Å². The Morgan fingerprint density at radius 1 is 1.08 bits per heavy atom. The lowest BCUT2D eigenvalue weighted by Crippen LogP contribution is -2.51. The van der Waals surface area contributed by atoms with E-state index < -0.39 is 76.4 Å². The fourth-order valence-electron chi connectivity index (χ4n) is 5.07. The van der Waals surface area contributed by atoms with E-state index in [2.05, 4.69) is 14.7 Å². The van der Waals surface area contributed by atoms with Gasteiger partial charge in [-0.05, 0) is 68.8 Å². The van der Waals surface area contributed by atoms with E-state index >= 15 is 0 Å². The number of aromatic nitrogens is 2. The topological polar surface area (TPSA) is 137 Å². The molecule has 1 unspecified atom stereocenters. The number of nitrogens with zero attached hydrogens (tertiary/aromatic N) is 2. The largest absolute Gasteiger partial charge is 0.573 e. The molecule has 0 saturated carbocycles. The Kier molecular flexibility index (Phi) is 8.49. The van der Waals surface area contributed by atoms with Crippen LogP contribution in [-0.2, 0) is 15.8 Å². The van der Waals surface area contributed by atoms with E-state index in [0.29, 0.717) is 17.3 Å². The fourth-order valence-corrected chi connectivity index (χ4v) is 5.25. The Labute approximate surface area is 271 Å². The maximum absolute atomic E-state index is 14.7. The summed E-state index contributed by atoms with van der Waals surface area (Å²) in [6, 6.07) is 7.00. The van der Waals surface area contributed by atoms with Gasteiger partial charge in [-0.25, -0.2) is 14.4 Å². The number of alkyl halides is 6. The van der Waals surface area contributed by atoms with Crippen LogP contribution >= 0.6 is 11.6 Å². The molecule has 4 aromatic rings. The van der Waals surface area contributed by atoms with Crippen LogP contribution in [0.15, 0.2) is 42.5 Å². The number of aliphatic hydroxyl groups is 1. The number of nitrogens with one attached hydrogen (secondary N) is 1. The Bertz CT molecular complexity index is 1990. The third-order valence-corrected chi connectivity index (χ3v) is 8.31. The van der Waals surface area contributed by atoms with Crippen molar-refractivity contribution in [3.63, 3.8) is 0 Å². The second-order valence-corrected chi connectivity index (χ2v) is 11.8. The summed E-state index contributed by atoms with van der Waals surface area (Å²) in [5.41, 5.74) is -1.71. The summed E-state index contributed by atoms with van der Waals surface area (Å²) in [5.74, 6) is -4.22. The summed E-state index contributed by atoms with van der Waals surface area (Å²) in [5, 5.41) is 12.7. The highest BCUT2D eigenvalue weighted by Gasteiger charge is 2.57. The molecule has 0 radical (unpaired) electrons. The van der Waals surface area contributed by atoms with E-state index in [-0.39, 0.29) is 33.5 Å². The van der Waals surface area contributed by atoms with Gasteiger partial charge in [0.05, 0.1) is 17.3 Å². The molecule has 0 spiro atoms. The molecule has 0 saturated heterocycles. The van der Waals surface area contributed by atoms with E-state index in [1.165, 1.54) is 19.9 Å². The molecule has 2 amide bonds. The van der Waals surface area contributed by atoms with Crippen LogP contribution in [0.1, 0.15) is 39.8 Å². The molecule has 2 atom stereocenters. The van der Waals surface area contributed by atoms with Gasteiger partial charge in [-0.1, -0.05) is 11.6 Å². The highest BCUT2D eigenvalue weighted by Crippen LogP contribution is 2.48. The number of benzene rings is 2. The molecule has 17 heteroatoms. The molecule has 2 aromatic heterocycles. The van der Waals surface area contributed by atoms with Crippen molar-refractivity contribution >= 4 is 34.3 Å². The Hall–Kier alpha value is -4.70. The Morgan fingerprint density at radius 3 is 2.38 bits per heavy atom. The van der Waals surface area contributed by atoms with Gasteiger partial charge in [0.25, 0.3) is 5.91 Å². The first-order valence-corrected chi connectivity index (χ1v) is 14.2. The number of primary amides is 1. The number of hydrogen-bond donors (Lipinski definition) is 3. The van der Waals surface area contributed by atoms with Crippen molar-refractivity contribution in [3.05, 3.63) is 81.4 Å². The number of carbonyl (C=O) groups is 2. The molecule has 254 valence electrons. The number of rotatable bonds is 7. The zero-order valence-corrected chi connectivity index (χ0v) is 25.8. The van der Waals surface area contributed by atoms with Gasteiger partial charge < -0.3 is 25.6 Å². The number of halogens is 8. The Morgan fingerprint density at radius 2 is 1.77 bits per heavy atom. The molecule has 0 fully saturated rings. The summed E-state index contributed by atoms with van der Waals surface area (Å²) in [6.45, 7) is 2.42. The number of carbonyl (C=O) groups excluding carboxylic acids is 2. The highest BCUT2D eigenvalue weighted by atomic mass is 35.5. The SMILES string of the molecule is Cc1cc2cc(C(=O)NCC(O)(c3cc4c(c(-c5ccc(F)c(Cl)c5)n3)OC[C@]4(C)C(N)=O)C(F)(F)F)cc(OC(F)(F)F)c2nc1C. The summed E-state index contributed by atoms with van der Waals surface area (Å²) >= 11 is 5.90. The van der Waals surface area contributed by atoms with Crippen molar-refractivity contribution in [1.82, 2.24) is 15.3 Å². The normalized spacial score (nSPS) is 17.4. The van der Waals surface area contributed by atoms with Crippen LogP contribution in [0, 0.1) is 19.7 Å². The number of pyridine rings is 2. The van der Waals surface area contributed by atoms with E-state index in [1.807, 2.05) is 5.32 Å². The lowest BCUT2D eigenvalue weighted by Gasteiger charge is -2.31. The van der Waals surface area contributed by atoms with Crippen LogP contribution in [-0.4, -0.2) is 52.6 Å². The van der Waals surface area contributed by atoms with E-state index in [4.69, 9.17) is 22.1 Å². The van der Waals surface area contributed by atoms with Gasteiger partial charge in [-0.2, -0.15) is 13.2 Å². The van der Waals surface area contributed by atoms with Gasteiger partial charge in [-0.15, -0.1) is 13.2 Å². The van der Waals surface area contributed by atoms with Crippen molar-refractivity contribution in [1.29, 1.82) is 0 Å². The van der Waals surface area contributed by atoms with Crippen molar-refractivity contribution in [2.24, 2.45) is 5.73 Å². The van der Waals surface area contributed by atoms with Crippen molar-refractivity contribution < 1.29 is 54.9 Å². The minimum absolute atomic E-state index is 0.0182. The summed E-state index contributed by atoms with van der Waals surface area (Å²) < 4.78 is 108. The van der Waals surface area contributed by atoms with Gasteiger partial charge in [-0.3, -0.25) is 9.59 Å². The van der Waals surface area contributed by atoms with E-state index in [1.54, 1.807) is 6.92 Å². The van der Waals surface area contributed by atoms with Crippen LogP contribution < -0.4 is 20.5 Å². The molecule has 3 heterocycles. The summed E-state index contributed by atoms with van der Waals surface area (Å²) in [7, 11) is 0. The quantitative estimate of drug-likeness (QED) is 0.204.